The first-order valence-corrected chi connectivity index (χ1v) is 4.24. The van der Waals surface area contributed by atoms with Crippen LogP contribution in [-0.2, 0) is 0 Å². The minimum atomic E-state index is 0. The summed E-state index contributed by atoms with van der Waals surface area (Å²) in [7, 11) is 0. The third kappa shape index (κ3) is 4.41. The maximum Gasteiger partial charge on any atom is 0.0556 e. The molecule has 0 aromatic heterocycles. The first kappa shape index (κ1) is 12.6. The summed E-state index contributed by atoms with van der Waals surface area (Å²) < 4.78 is 0. The number of halogens is 1. The SMILES string of the molecule is Br.C[C@H](NCCO)c1ccccc1. The zero-order chi connectivity index (χ0) is 8.81. The Morgan fingerprint density at radius 3 is 2.46 bits per heavy atom. The molecule has 3 heteroatoms. The van der Waals surface area contributed by atoms with Gasteiger partial charge in [0.05, 0.1) is 6.61 Å². The van der Waals surface area contributed by atoms with E-state index in [2.05, 4.69) is 24.4 Å². The third-order valence-electron chi connectivity index (χ3n) is 1.86. The van der Waals surface area contributed by atoms with Crippen LogP contribution in [0.2, 0.25) is 0 Å². The standard InChI is InChI=1S/C10H15NO.BrH/c1-9(11-7-8-12)10-5-3-2-4-6-10;/h2-6,9,11-12H,7-8H2,1H3;1H/t9-;/m0./s1. The van der Waals surface area contributed by atoms with Gasteiger partial charge in [-0.2, -0.15) is 0 Å². The number of benzene rings is 1. The van der Waals surface area contributed by atoms with E-state index in [1.807, 2.05) is 18.2 Å². The molecule has 1 aromatic carbocycles. The van der Waals surface area contributed by atoms with Crippen molar-refractivity contribution in [3.63, 3.8) is 0 Å². The molecule has 0 heterocycles. The number of aliphatic hydroxyl groups excluding tert-OH is 1. The summed E-state index contributed by atoms with van der Waals surface area (Å²) in [6.45, 7) is 2.93. The average molecular weight is 246 g/mol. The topological polar surface area (TPSA) is 32.3 Å². The second-order valence-electron chi connectivity index (χ2n) is 2.81. The molecule has 0 amide bonds. The Labute approximate surface area is 89.7 Å². The van der Waals surface area contributed by atoms with Crippen molar-refractivity contribution >= 4 is 17.0 Å². The van der Waals surface area contributed by atoms with Crippen LogP contribution in [0.3, 0.4) is 0 Å². The van der Waals surface area contributed by atoms with E-state index in [0.717, 1.165) is 0 Å². The minimum Gasteiger partial charge on any atom is -0.395 e. The fourth-order valence-electron chi connectivity index (χ4n) is 1.14. The first-order valence-electron chi connectivity index (χ1n) is 4.24. The second kappa shape index (κ2) is 7.06. The summed E-state index contributed by atoms with van der Waals surface area (Å²) in [6, 6.07) is 10.5. The van der Waals surface area contributed by atoms with Crippen molar-refractivity contribution in [1.29, 1.82) is 0 Å². The highest BCUT2D eigenvalue weighted by Gasteiger charge is 2.01. The molecule has 74 valence electrons. The molecule has 13 heavy (non-hydrogen) atoms. The Balaban J connectivity index is 0.00000144. The molecule has 2 nitrogen and oxygen atoms in total. The van der Waals surface area contributed by atoms with Crippen LogP contribution in [0, 0.1) is 0 Å². The Morgan fingerprint density at radius 1 is 1.31 bits per heavy atom. The lowest BCUT2D eigenvalue weighted by Crippen LogP contribution is -2.21. The van der Waals surface area contributed by atoms with Gasteiger partial charge in [-0.25, -0.2) is 0 Å². The first-order chi connectivity index (χ1) is 5.84. The maximum atomic E-state index is 8.60. The Hall–Kier alpha value is -0.380. The van der Waals surface area contributed by atoms with Crippen LogP contribution in [0.15, 0.2) is 30.3 Å². The van der Waals surface area contributed by atoms with Gasteiger partial charge in [-0.1, -0.05) is 30.3 Å². The lowest BCUT2D eigenvalue weighted by Gasteiger charge is -2.12. The molecule has 0 unspecified atom stereocenters. The van der Waals surface area contributed by atoms with Crippen LogP contribution in [-0.4, -0.2) is 18.3 Å². The van der Waals surface area contributed by atoms with Gasteiger partial charge in [0.15, 0.2) is 0 Å². The molecule has 1 rings (SSSR count). The van der Waals surface area contributed by atoms with Crippen molar-refractivity contribution in [3.05, 3.63) is 35.9 Å². The third-order valence-corrected chi connectivity index (χ3v) is 1.86. The zero-order valence-electron chi connectivity index (χ0n) is 7.73. The van der Waals surface area contributed by atoms with Gasteiger partial charge >= 0.3 is 0 Å². The summed E-state index contributed by atoms with van der Waals surface area (Å²) in [4.78, 5) is 0. The number of hydrogen-bond acceptors (Lipinski definition) is 2. The highest BCUT2D eigenvalue weighted by molar-refractivity contribution is 8.93. The molecule has 0 aliphatic rings. The van der Waals surface area contributed by atoms with Gasteiger partial charge in [-0.3, -0.25) is 0 Å². The fraction of sp³-hybridized carbons (Fsp3) is 0.400. The summed E-state index contributed by atoms with van der Waals surface area (Å²) in [5.41, 5.74) is 1.26. The molecule has 1 atom stereocenters. The molecule has 0 bridgehead atoms. The minimum absolute atomic E-state index is 0. The molecule has 0 spiro atoms. The van der Waals surface area contributed by atoms with Gasteiger partial charge in [0, 0.05) is 12.6 Å². The van der Waals surface area contributed by atoms with E-state index in [9.17, 15) is 0 Å². The Kier molecular flexibility index (Phi) is 6.86. The van der Waals surface area contributed by atoms with Crippen molar-refractivity contribution < 1.29 is 5.11 Å². The van der Waals surface area contributed by atoms with Crippen LogP contribution >= 0.6 is 17.0 Å². The van der Waals surface area contributed by atoms with Gasteiger partial charge in [0.2, 0.25) is 0 Å². The molecule has 0 fully saturated rings. The zero-order valence-corrected chi connectivity index (χ0v) is 9.45. The molecule has 0 saturated heterocycles. The van der Waals surface area contributed by atoms with E-state index in [4.69, 9.17) is 5.11 Å². The number of nitrogens with one attached hydrogen (secondary N) is 1. The molecular weight excluding hydrogens is 230 g/mol. The normalized spacial score (nSPS) is 11.8. The summed E-state index contributed by atoms with van der Waals surface area (Å²) in [5.74, 6) is 0. The highest BCUT2D eigenvalue weighted by Crippen LogP contribution is 2.09. The van der Waals surface area contributed by atoms with Crippen LogP contribution < -0.4 is 5.32 Å². The summed E-state index contributed by atoms with van der Waals surface area (Å²) in [5, 5.41) is 11.8. The van der Waals surface area contributed by atoms with Gasteiger partial charge < -0.3 is 10.4 Å². The van der Waals surface area contributed by atoms with Crippen molar-refractivity contribution in [2.45, 2.75) is 13.0 Å². The van der Waals surface area contributed by atoms with Crippen LogP contribution in [0.4, 0.5) is 0 Å². The molecular formula is C10H16BrNO. The molecule has 2 N–H and O–H groups in total. The molecule has 0 saturated carbocycles. The van der Waals surface area contributed by atoms with Crippen molar-refractivity contribution in [1.82, 2.24) is 5.32 Å². The number of aliphatic hydroxyl groups is 1. The molecule has 1 aromatic rings. The average Bonchev–Trinajstić information content (AvgIpc) is 2.15. The van der Waals surface area contributed by atoms with Gasteiger partial charge in [0.1, 0.15) is 0 Å². The summed E-state index contributed by atoms with van der Waals surface area (Å²) >= 11 is 0. The van der Waals surface area contributed by atoms with Gasteiger partial charge in [-0.05, 0) is 12.5 Å². The Morgan fingerprint density at radius 2 is 1.92 bits per heavy atom. The lowest BCUT2D eigenvalue weighted by molar-refractivity contribution is 0.286. The van der Waals surface area contributed by atoms with E-state index in [0.29, 0.717) is 12.6 Å². The van der Waals surface area contributed by atoms with Crippen LogP contribution in [0.25, 0.3) is 0 Å². The van der Waals surface area contributed by atoms with E-state index >= 15 is 0 Å². The van der Waals surface area contributed by atoms with E-state index < -0.39 is 0 Å². The van der Waals surface area contributed by atoms with Gasteiger partial charge in [-0.15, -0.1) is 17.0 Å². The van der Waals surface area contributed by atoms with E-state index in [-0.39, 0.29) is 23.6 Å². The smallest absolute Gasteiger partial charge is 0.0556 e. The molecule has 0 aliphatic carbocycles. The molecule has 0 radical (unpaired) electrons. The van der Waals surface area contributed by atoms with E-state index in [1.165, 1.54) is 5.56 Å². The van der Waals surface area contributed by atoms with Crippen LogP contribution in [0.1, 0.15) is 18.5 Å². The monoisotopic (exact) mass is 245 g/mol. The fourth-order valence-corrected chi connectivity index (χ4v) is 1.14. The Bertz CT molecular complexity index is 215. The predicted molar refractivity (Wildman–Crippen MR) is 60.3 cm³/mol. The summed E-state index contributed by atoms with van der Waals surface area (Å²) in [6.07, 6.45) is 0. The van der Waals surface area contributed by atoms with Crippen molar-refractivity contribution in [3.8, 4) is 0 Å². The predicted octanol–water partition coefficient (Wildman–Crippen LogP) is 1.91. The quantitative estimate of drug-likeness (QED) is 0.850. The molecule has 0 aliphatic heterocycles. The van der Waals surface area contributed by atoms with Crippen LogP contribution in [0.5, 0.6) is 0 Å². The van der Waals surface area contributed by atoms with Gasteiger partial charge in [0.25, 0.3) is 0 Å². The largest absolute Gasteiger partial charge is 0.395 e. The van der Waals surface area contributed by atoms with Crippen molar-refractivity contribution in [2.75, 3.05) is 13.2 Å². The van der Waals surface area contributed by atoms with Crippen molar-refractivity contribution in [2.24, 2.45) is 0 Å². The second-order valence-corrected chi connectivity index (χ2v) is 2.81. The highest BCUT2D eigenvalue weighted by atomic mass is 79.9. The maximum absolute atomic E-state index is 8.60. The number of hydrogen-bond donors (Lipinski definition) is 2. The van der Waals surface area contributed by atoms with E-state index in [1.54, 1.807) is 0 Å². The number of rotatable bonds is 4. The lowest BCUT2D eigenvalue weighted by atomic mass is 10.1.